The Hall–Kier alpha value is -3.07. The fourth-order valence-electron chi connectivity index (χ4n) is 5.83. The van der Waals surface area contributed by atoms with E-state index in [2.05, 4.69) is 25.8 Å². The summed E-state index contributed by atoms with van der Waals surface area (Å²) in [4.78, 5) is 28.1. The first kappa shape index (κ1) is 23.3. The number of rotatable bonds is 6. The number of anilines is 2. The lowest BCUT2D eigenvalue weighted by Gasteiger charge is -2.41. The topological polar surface area (TPSA) is 80.3 Å². The van der Waals surface area contributed by atoms with E-state index >= 15 is 0 Å². The smallest absolute Gasteiger partial charge is 0.415 e. The van der Waals surface area contributed by atoms with Gasteiger partial charge in [0, 0.05) is 57.2 Å². The first-order chi connectivity index (χ1) is 17.6. The van der Waals surface area contributed by atoms with E-state index in [1.807, 2.05) is 18.3 Å². The van der Waals surface area contributed by atoms with Gasteiger partial charge in [0.2, 0.25) is 5.88 Å². The molecule has 192 valence electrons. The minimum absolute atomic E-state index is 0.259. The Labute approximate surface area is 212 Å². The van der Waals surface area contributed by atoms with E-state index in [0.717, 1.165) is 63.6 Å². The molecule has 1 saturated carbocycles. The molecule has 1 aliphatic carbocycles. The molecule has 6 rings (SSSR count). The van der Waals surface area contributed by atoms with E-state index in [0.29, 0.717) is 23.9 Å². The molecule has 36 heavy (non-hydrogen) atoms. The number of ether oxygens (including phenoxy) is 3. The summed E-state index contributed by atoms with van der Waals surface area (Å²) in [6.07, 6.45) is 13.0. The van der Waals surface area contributed by atoms with Gasteiger partial charge in [-0.3, -0.25) is 9.88 Å². The fourth-order valence-corrected chi connectivity index (χ4v) is 5.83. The minimum atomic E-state index is -0.471. The Morgan fingerprint density at radius 3 is 2.47 bits per heavy atom. The maximum absolute atomic E-state index is 12.7. The number of amides is 1. The van der Waals surface area contributed by atoms with Crippen molar-refractivity contribution in [2.24, 2.45) is 0 Å². The molecule has 1 amide bonds. The van der Waals surface area contributed by atoms with Gasteiger partial charge in [-0.2, -0.15) is 0 Å². The number of aromatic nitrogens is 2. The van der Waals surface area contributed by atoms with Crippen LogP contribution in [0.25, 0.3) is 0 Å². The van der Waals surface area contributed by atoms with Gasteiger partial charge in [-0.1, -0.05) is 6.42 Å². The zero-order chi connectivity index (χ0) is 24.5. The summed E-state index contributed by atoms with van der Waals surface area (Å²) < 4.78 is 17.4. The van der Waals surface area contributed by atoms with E-state index < -0.39 is 5.60 Å². The van der Waals surface area contributed by atoms with Crippen LogP contribution in [0.5, 0.6) is 11.6 Å². The van der Waals surface area contributed by atoms with Gasteiger partial charge >= 0.3 is 6.09 Å². The highest BCUT2D eigenvalue weighted by Gasteiger charge is 2.47. The molecule has 2 aromatic heterocycles. The van der Waals surface area contributed by atoms with E-state index in [-0.39, 0.29) is 12.2 Å². The Kier molecular flexibility index (Phi) is 6.33. The predicted octanol–water partition coefficient (Wildman–Crippen LogP) is 3.88. The zero-order valence-electron chi connectivity index (χ0n) is 21.0. The second-order valence-electron chi connectivity index (χ2n) is 10.5. The summed E-state index contributed by atoms with van der Waals surface area (Å²) in [5.74, 6) is 1.33. The van der Waals surface area contributed by atoms with Gasteiger partial charge in [0.1, 0.15) is 17.5 Å². The molecule has 4 fully saturated rings. The summed E-state index contributed by atoms with van der Waals surface area (Å²) in [6, 6.07) is 6.72. The van der Waals surface area contributed by atoms with Crippen LogP contribution in [0.1, 0.15) is 44.9 Å². The van der Waals surface area contributed by atoms with Crippen LogP contribution in [0.4, 0.5) is 16.2 Å². The average molecular weight is 494 g/mol. The third-order valence-corrected chi connectivity index (χ3v) is 8.33. The number of carbonyl (C=O) groups is 1. The second kappa shape index (κ2) is 9.76. The van der Waals surface area contributed by atoms with Gasteiger partial charge in [-0.25, -0.2) is 9.78 Å². The number of hydrogen-bond donors (Lipinski definition) is 0. The van der Waals surface area contributed by atoms with Crippen LogP contribution in [0.2, 0.25) is 0 Å². The summed E-state index contributed by atoms with van der Waals surface area (Å²) in [5, 5.41) is 0. The highest BCUT2D eigenvalue weighted by Crippen LogP contribution is 2.37. The normalized spacial score (nSPS) is 23.0. The van der Waals surface area contributed by atoms with Crippen molar-refractivity contribution in [2.75, 3.05) is 49.6 Å². The monoisotopic (exact) mass is 493 g/mol. The quantitative estimate of drug-likeness (QED) is 0.600. The molecular weight excluding hydrogens is 458 g/mol. The van der Waals surface area contributed by atoms with Gasteiger partial charge < -0.3 is 24.0 Å². The molecule has 3 aliphatic heterocycles. The van der Waals surface area contributed by atoms with Gasteiger partial charge in [0.15, 0.2) is 0 Å². The van der Waals surface area contributed by atoms with Crippen molar-refractivity contribution in [3.05, 3.63) is 36.8 Å². The number of carbonyl (C=O) groups excluding carboxylic acids is 1. The Balaban J connectivity index is 1.01. The Morgan fingerprint density at radius 1 is 1.00 bits per heavy atom. The van der Waals surface area contributed by atoms with Crippen LogP contribution < -0.4 is 19.3 Å². The van der Waals surface area contributed by atoms with E-state index in [1.54, 1.807) is 24.4 Å². The van der Waals surface area contributed by atoms with Gasteiger partial charge in [0.05, 0.1) is 43.6 Å². The van der Waals surface area contributed by atoms with E-state index in [4.69, 9.17) is 14.2 Å². The van der Waals surface area contributed by atoms with Gasteiger partial charge in [-0.05, 0) is 31.7 Å². The molecular formula is C27H35N5O4. The molecule has 0 bridgehead atoms. The standard InChI is InChI=1S/C27H35N5O4/c1-34-24-15-22(16-28-18-24)32-19-27(36-26(32)33)9-13-31(14-10-27)21-5-6-25(29-17-21)35-23-7-11-30(12-8-23)20-3-2-4-20/h5-6,15-18,20,23H,2-4,7-14,19H2,1H3. The molecule has 4 aliphatic rings. The third kappa shape index (κ3) is 4.68. The van der Waals surface area contributed by atoms with Crippen LogP contribution in [0, 0.1) is 0 Å². The molecule has 0 unspecified atom stereocenters. The van der Waals surface area contributed by atoms with Crippen molar-refractivity contribution in [3.63, 3.8) is 0 Å². The second-order valence-corrected chi connectivity index (χ2v) is 10.5. The van der Waals surface area contributed by atoms with E-state index in [9.17, 15) is 4.79 Å². The molecule has 9 nitrogen and oxygen atoms in total. The average Bonchev–Trinajstić information content (AvgIpc) is 3.20. The third-order valence-electron chi connectivity index (χ3n) is 8.33. The van der Waals surface area contributed by atoms with Crippen LogP contribution in [-0.2, 0) is 4.74 Å². The molecule has 0 radical (unpaired) electrons. The summed E-state index contributed by atoms with van der Waals surface area (Å²) in [6.45, 7) is 4.41. The van der Waals surface area contributed by atoms with Crippen LogP contribution in [0.15, 0.2) is 36.8 Å². The predicted molar refractivity (Wildman–Crippen MR) is 136 cm³/mol. The lowest BCUT2D eigenvalue weighted by molar-refractivity contribution is 0.0366. The van der Waals surface area contributed by atoms with Gasteiger partial charge in [0.25, 0.3) is 0 Å². The molecule has 3 saturated heterocycles. The first-order valence-corrected chi connectivity index (χ1v) is 13.2. The highest BCUT2D eigenvalue weighted by atomic mass is 16.6. The molecule has 5 heterocycles. The van der Waals surface area contributed by atoms with Crippen molar-refractivity contribution >= 4 is 17.5 Å². The number of likely N-dealkylation sites (tertiary alicyclic amines) is 1. The molecule has 9 heteroatoms. The fraction of sp³-hybridized carbons (Fsp3) is 0.593. The Bertz CT molecular complexity index is 1060. The molecule has 0 N–H and O–H groups in total. The number of nitrogens with zero attached hydrogens (tertiary/aromatic N) is 5. The highest BCUT2D eigenvalue weighted by molar-refractivity contribution is 5.90. The van der Waals surface area contributed by atoms with Crippen LogP contribution in [0.3, 0.4) is 0 Å². The van der Waals surface area contributed by atoms with E-state index in [1.165, 1.54) is 19.3 Å². The molecule has 0 atom stereocenters. The summed E-state index contributed by atoms with van der Waals surface area (Å²) in [5.41, 5.74) is 1.31. The van der Waals surface area contributed by atoms with Crippen LogP contribution >= 0.6 is 0 Å². The van der Waals surface area contributed by atoms with Crippen molar-refractivity contribution in [2.45, 2.75) is 62.7 Å². The maximum Gasteiger partial charge on any atom is 0.415 e. The summed E-state index contributed by atoms with van der Waals surface area (Å²) >= 11 is 0. The molecule has 2 aromatic rings. The van der Waals surface area contributed by atoms with Crippen molar-refractivity contribution < 1.29 is 19.0 Å². The van der Waals surface area contributed by atoms with Crippen molar-refractivity contribution in [3.8, 4) is 11.6 Å². The lowest BCUT2D eigenvalue weighted by atomic mass is 9.90. The zero-order valence-corrected chi connectivity index (χ0v) is 21.0. The van der Waals surface area contributed by atoms with Crippen molar-refractivity contribution in [1.82, 2.24) is 14.9 Å². The molecule has 0 aromatic carbocycles. The lowest BCUT2D eigenvalue weighted by Crippen LogP contribution is -2.47. The SMILES string of the molecule is COc1cncc(N2CC3(CCN(c4ccc(OC5CCN(C6CCC6)CC5)nc4)CC3)OC2=O)c1. The van der Waals surface area contributed by atoms with Crippen LogP contribution in [-0.4, -0.2) is 78.5 Å². The summed E-state index contributed by atoms with van der Waals surface area (Å²) in [7, 11) is 1.59. The maximum atomic E-state index is 12.7. The minimum Gasteiger partial charge on any atom is -0.495 e. The number of hydrogen-bond acceptors (Lipinski definition) is 8. The Morgan fingerprint density at radius 2 is 1.81 bits per heavy atom. The largest absolute Gasteiger partial charge is 0.495 e. The number of piperidine rings is 2. The number of pyridine rings is 2. The van der Waals surface area contributed by atoms with Gasteiger partial charge in [-0.15, -0.1) is 0 Å². The van der Waals surface area contributed by atoms with Crippen molar-refractivity contribution in [1.29, 1.82) is 0 Å². The number of methoxy groups -OCH3 is 1. The first-order valence-electron chi connectivity index (χ1n) is 13.2. The molecule has 1 spiro atoms.